The Hall–Kier alpha value is -1.84. The van der Waals surface area contributed by atoms with Crippen molar-refractivity contribution in [3.63, 3.8) is 0 Å². The first kappa shape index (κ1) is 18.9. The van der Waals surface area contributed by atoms with Gasteiger partial charge in [-0.1, -0.05) is 42.5 Å². The van der Waals surface area contributed by atoms with E-state index in [1.54, 1.807) is 0 Å². The van der Waals surface area contributed by atoms with Gasteiger partial charge in [0.1, 0.15) is 0 Å². The second-order valence-corrected chi connectivity index (χ2v) is 7.49. The zero-order valence-corrected chi connectivity index (χ0v) is 16.2. The van der Waals surface area contributed by atoms with Crippen molar-refractivity contribution in [3.05, 3.63) is 65.7 Å². The summed E-state index contributed by atoms with van der Waals surface area (Å²) in [6.07, 6.45) is 3.56. The first-order valence-electron chi connectivity index (χ1n) is 9.83. The molecule has 2 aromatic rings. The molecule has 3 rings (SSSR count). The Morgan fingerprint density at radius 2 is 1.69 bits per heavy atom. The van der Waals surface area contributed by atoms with Gasteiger partial charge in [0.05, 0.1) is 0 Å². The topological polar surface area (TPSA) is 24.5 Å². The van der Waals surface area contributed by atoms with E-state index in [0.717, 1.165) is 32.2 Å². The Kier molecular flexibility index (Phi) is 7.10. The summed E-state index contributed by atoms with van der Waals surface area (Å²) in [7, 11) is 4.15. The lowest BCUT2D eigenvalue weighted by molar-refractivity contribution is 0.0567. The number of benzene rings is 2. The first-order chi connectivity index (χ1) is 12.7. The van der Waals surface area contributed by atoms with Crippen LogP contribution < -0.4 is 10.2 Å². The highest BCUT2D eigenvalue weighted by atomic mass is 16.5. The van der Waals surface area contributed by atoms with Gasteiger partial charge in [0.2, 0.25) is 0 Å². The molecule has 0 saturated carbocycles. The predicted molar refractivity (Wildman–Crippen MR) is 110 cm³/mol. The van der Waals surface area contributed by atoms with E-state index >= 15 is 0 Å². The largest absolute Gasteiger partial charge is 0.381 e. The Morgan fingerprint density at radius 1 is 1.00 bits per heavy atom. The fraction of sp³-hybridized carbons (Fsp3) is 0.478. The molecule has 0 bridgehead atoms. The fourth-order valence-electron chi connectivity index (χ4n) is 3.90. The third kappa shape index (κ3) is 5.33. The van der Waals surface area contributed by atoms with E-state index < -0.39 is 0 Å². The Bertz CT molecular complexity index is 633. The molecule has 0 aromatic heterocycles. The summed E-state index contributed by atoms with van der Waals surface area (Å²) >= 11 is 0. The number of rotatable bonds is 8. The average molecular weight is 353 g/mol. The van der Waals surface area contributed by atoms with E-state index in [-0.39, 0.29) is 0 Å². The van der Waals surface area contributed by atoms with Crippen LogP contribution in [0.5, 0.6) is 0 Å². The number of hydrogen-bond donors (Lipinski definition) is 1. The number of nitrogens with one attached hydrogen (secondary N) is 1. The van der Waals surface area contributed by atoms with Gasteiger partial charge >= 0.3 is 0 Å². The number of ether oxygens (including phenoxy) is 1. The van der Waals surface area contributed by atoms with Crippen LogP contribution >= 0.6 is 0 Å². The molecule has 3 heteroatoms. The van der Waals surface area contributed by atoms with E-state index in [1.807, 2.05) is 0 Å². The minimum Gasteiger partial charge on any atom is -0.381 e. The molecule has 1 atom stereocenters. The quantitative estimate of drug-likeness (QED) is 0.711. The fourth-order valence-corrected chi connectivity index (χ4v) is 3.90. The molecule has 1 N–H and O–H groups in total. The van der Waals surface area contributed by atoms with Crippen molar-refractivity contribution in [1.82, 2.24) is 5.32 Å². The molecule has 1 saturated heterocycles. The third-order valence-electron chi connectivity index (χ3n) is 5.48. The molecule has 0 amide bonds. The van der Waals surface area contributed by atoms with Gasteiger partial charge in [-0.25, -0.2) is 0 Å². The smallest absolute Gasteiger partial charge is 0.0468 e. The molecular formula is C23H32N2O. The summed E-state index contributed by atoms with van der Waals surface area (Å²) in [5, 5.41) is 3.64. The molecule has 1 fully saturated rings. The van der Waals surface area contributed by atoms with Gasteiger partial charge in [-0.2, -0.15) is 0 Å². The number of hydrogen-bond acceptors (Lipinski definition) is 3. The highest BCUT2D eigenvalue weighted by Crippen LogP contribution is 2.34. The van der Waals surface area contributed by atoms with Crippen LogP contribution in [-0.2, 0) is 11.3 Å². The summed E-state index contributed by atoms with van der Waals surface area (Å²) in [5.74, 6) is 1.37. The molecule has 0 spiro atoms. The molecule has 26 heavy (non-hydrogen) atoms. The zero-order chi connectivity index (χ0) is 18.2. The van der Waals surface area contributed by atoms with Crippen molar-refractivity contribution in [2.45, 2.75) is 31.7 Å². The van der Waals surface area contributed by atoms with Gasteiger partial charge in [-0.15, -0.1) is 0 Å². The van der Waals surface area contributed by atoms with Crippen molar-refractivity contribution in [2.24, 2.45) is 5.92 Å². The molecule has 0 radical (unpaired) electrons. The summed E-state index contributed by atoms with van der Waals surface area (Å²) in [6.45, 7) is 3.81. The van der Waals surface area contributed by atoms with Gasteiger partial charge in [0.25, 0.3) is 0 Å². The standard InChI is InChI=1S/C23H32N2O/c1-25(2)22-10-8-19(9-11-22)18-24-15-12-23(20-6-4-3-5-7-20)21-13-16-26-17-14-21/h3-11,21,23-24H,12-18H2,1-2H3. The Balaban J connectivity index is 1.52. The minimum absolute atomic E-state index is 0.628. The third-order valence-corrected chi connectivity index (χ3v) is 5.48. The van der Waals surface area contributed by atoms with Crippen LogP contribution in [0.1, 0.15) is 36.3 Å². The van der Waals surface area contributed by atoms with E-state index in [9.17, 15) is 0 Å². The van der Waals surface area contributed by atoms with Crippen LogP contribution in [0.4, 0.5) is 5.69 Å². The van der Waals surface area contributed by atoms with E-state index in [2.05, 4.69) is 78.9 Å². The van der Waals surface area contributed by atoms with Crippen LogP contribution in [-0.4, -0.2) is 33.9 Å². The second kappa shape index (κ2) is 9.75. The summed E-state index contributed by atoms with van der Waals surface area (Å²) in [6, 6.07) is 19.8. The highest BCUT2D eigenvalue weighted by Gasteiger charge is 2.24. The van der Waals surface area contributed by atoms with Crippen molar-refractivity contribution >= 4 is 5.69 Å². The maximum Gasteiger partial charge on any atom is 0.0468 e. The normalized spacial score (nSPS) is 16.4. The minimum atomic E-state index is 0.628. The van der Waals surface area contributed by atoms with Crippen molar-refractivity contribution in [1.29, 1.82) is 0 Å². The van der Waals surface area contributed by atoms with E-state index in [0.29, 0.717) is 5.92 Å². The van der Waals surface area contributed by atoms with Crippen molar-refractivity contribution < 1.29 is 4.74 Å². The lowest BCUT2D eigenvalue weighted by atomic mass is 9.79. The molecular weight excluding hydrogens is 320 g/mol. The van der Waals surface area contributed by atoms with Crippen LogP contribution in [0.15, 0.2) is 54.6 Å². The van der Waals surface area contributed by atoms with Crippen molar-refractivity contribution in [3.8, 4) is 0 Å². The lowest BCUT2D eigenvalue weighted by Gasteiger charge is -2.31. The molecule has 1 unspecified atom stereocenters. The highest BCUT2D eigenvalue weighted by molar-refractivity contribution is 5.45. The van der Waals surface area contributed by atoms with Gasteiger partial charge in [0, 0.05) is 39.5 Å². The van der Waals surface area contributed by atoms with Crippen molar-refractivity contribution in [2.75, 3.05) is 38.8 Å². The summed E-state index contributed by atoms with van der Waals surface area (Å²) in [5.41, 5.74) is 4.08. The lowest BCUT2D eigenvalue weighted by Crippen LogP contribution is -2.25. The molecule has 2 aromatic carbocycles. The monoisotopic (exact) mass is 352 g/mol. The zero-order valence-electron chi connectivity index (χ0n) is 16.2. The SMILES string of the molecule is CN(C)c1ccc(CNCCC(c2ccccc2)C2CCOCC2)cc1. The number of nitrogens with zero attached hydrogens (tertiary/aromatic N) is 1. The summed E-state index contributed by atoms with van der Waals surface area (Å²) in [4.78, 5) is 2.13. The van der Waals surface area contributed by atoms with Crippen LogP contribution in [0.25, 0.3) is 0 Å². The second-order valence-electron chi connectivity index (χ2n) is 7.49. The van der Waals surface area contributed by atoms with Gasteiger partial charge in [0.15, 0.2) is 0 Å². The number of anilines is 1. The van der Waals surface area contributed by atoms with Crippen LogP contribution in [0.2, 0.25) is 0 Å². The van der Waals surface area contributed by atoms with Crippen LogP contribution in [0.3, 0.4) is 0 Å². The molecule has 1 aliphatic heterocycles. The first-order valence-corrected chi connectivity index (χ1v) is 9.83. The van der Waals surface area contributed by atoms with Crippen LogP contribution in [0, 0.1) is 5.92 Å². The molecule has 0 aliphatic carbocycles. The van der Waals surface area contributed by atoms with E-state index in [4.69, 9.17) is 4.74 Å². The molecule has 3 nitrogen and oxygen atoms in total. The van der Waals surface area contributed by atoms with Gasteiger partial charge in [-0.05, 0) is 60.9 Å². The van der Waals surface area contributed by atoms with E-state index in [1.165, 1.54) is 36.1 Å². The maximum absolute atomic E-state index is 5.58. The summed E-state index contributed by atoms with van der Waals surface area (Å²) < 4.78 is 5.58. The molecule has 1 heterocycles. The van der Waals surface area contributed by atoms with Gasteiger partial charge < -0.3 is 15.0 Å². The maximum atomic E-state index is 5.58. The average Bonchev–Trinajstić information content (AvgIpc) is 2.70. The Labute approximate surface area is 158 Å². The Morgan fingerprint density at radius 3 is 2.35 bits per heavy atom. The predicted octanol–water partition coefficient (Wildman–Crippen LogP) is 4.44. The van der Waals surface area contributed by atoms with Gasteiger partial charge in [-0.3, -0.25) is 0 Å². The molecule has 140 valence electrons. The molecule has 1 aliphatic rings.